The van der Waals surface area contributed by atoms with Gasteiger partial charge in [-0.15, -0.1) is 0 Å². The Morgan fingerprint density at radius 3 is 2.70 bits per heavy atom. The average molecular weight is 367 g/mol. The lowest BCUT2D eigenvalue weighted by Gasteiger charge is -2.32. The van der Waals surface area contributed by atoms with E-state index < -0.39 is 24.0 Å². The molecule has 2 atom stereocenters. The number of cyclic esters (lactones) is 1. The summed E-state index contributed by atoms with van der Waals surface area (Å²) >= 11 is 0. The predicted molar refractivity (Wildman–Crippen MR) is 98.0 cm³/mol. The van der Waals surface area contributed by atoms with E-state index in [4.69, 9.17) is 9.47 Å². The summed E-state index contributed by atoms with van der Waals surface area (Å²) in [6.45, 7) is 1.20. The van der Waals surface area contributed by atoms with Crippen LogP contribution in [0.15, 0.2) is 42.5 Å². The van der Waals surface area contributed by atoms with E-state index in [1.165, 1.54) is 0 Å². The molecule has 0 N–H and O–H groups in total. The molecule has 2 aromatic rings. The summed E-state index contributed by atoms with van der Waals surface area (Å²) in [6, 6.07) is 13.4. The Morgan fingerprint density at radius 1 is 1.07 bits per heavy atom. The van der Waals surface area contributed by atoms with E-state index in [1.54, 1.807) is 4.90 Å². The van der Waals surface area contributed by atoms with Crippen LogP contribution in [0.5, 0.6) is 0 Å². The molecule has 140 valence electrons. The normalized spacial score (nSPS) is 22.5. The largest absolute Gasteiger partial charge is 0.463 e. The minimum atomic E-state index is -0.804. The topological polar surface area (TPSA) is 72.9 Å². The van der Waals surface area contributed by atoms with Crippen molar-refractivity contribution in [1.29, 1.82) is 0 Å². The minimum absolute atomic E-state index is 0.0791. The predicted octanol–water partition coefficient (Wildman–Crippen LogP) is 2.55. The summed E-state index contributed by atoms with van der Waals surface area (Å²) < 4.78 is 10.1. The lowest BCUT2D eigenvalue weighted by Crippen LogP contribution is -2.43. The second-order valence-electron chi connectivity index (χ2n) is 7.00. The van der Waals surface area contributed by atoms with Crippen LogP contribution < -0.4 is 0 Å². The molecule has 2 heterocycles. The van der Waals surface area contributed by atoms with Gasteiger partial charge in [-0.25, -0.2) is 4.79 Å². The number of hydrogen-bond donors (Lipinski definition) is 0. The molecule has 0 aromatic heterocycles. The fourth-order valence-corrected chi connectivity index (χ4v) is 3.76. The van der Waals surface area contributed by atoms with Crippen LogP contribution in [0.3, 0.4) is 0 Å². The van der Waals surface area contributed by atoms with E-state index in [0.717, 1.165) is 17.2 Å². The van der Waals surface area contributed by atoms with Crippen molar-refractivity contribution in [2.45, 2.75) is 25.4 Å². The first-order valence-electron chi connectivity index (χ1n) is 9.27. The van der Waals surface area contributed by atoms with Crippen molar-refractivity contribution in [1.82, 2.24) is 4.90 Å². The van der Waals surface area contributed by atoms with Gasteiger partial charge in [-0.05, 0) is 29.7 Å². The van der Waals surface area contributed by atoms with Crippen LogP contribution in [0.4, 0.5) is 0 Å². The Labute approximate surface area is 157 Å². The van der Waals surface area contributed by atoms with Crippen molar-refractivity contribution in [2.75, 3.05) is 19.7 Å². The number of likely N-dealkylation sites (tertiary alicyclic amines) is 1. The van der Waals surface area contributed by atoms with Crippen LogP contribution in [-0.4, -0.2) is 48.5 Å². The van der Waals surface area contributed by atoms with E-state index in [2.05, 4.69) is 0 Å². The van der Waals surface area contributed by atoms with Crippen LogP contribution >= 0.6 is 0 Å². The molecular formula is C21H21NO5. The maximum Gasteiger partial charge on any atom is 0.347 e. The Morgan fingerprint density at radius 2 is 1.89 bits per heavy atom. The van der Waals surface area contributed by atoms with Gasteiger partial charge in [-0.2, -0.15) is 0 Å². The third-order valence-electron chi connectivity index (χ3n) is 5.21. The molecule has 0 saturated carbocycles. The smallest absolute Gasteiger partial charge is 0.347 e. The lowest BCUT2D eigenvalue weighted by molar-refractivity contribution is -0.164. The van der Waals surface area contributed by atoms with Gasteiger partial charge in [-0.1, -0.05) is 36.4 Å². The van der Waals surface area contributed by atoms with Gasteiger partial charge in [0.1, 0.15) is 0 Å². The second kappa shape index (κ2) is 7.39. The Balaban J connectivity index is 1.48. The number of carbonyl (C=O) groups excluding carboxylic acids is 3. The minimum Gasteiger partial charge on any atom is -0.463 e. The summed E-state index contributed by atoms with van der Waals surface area (Å²) in [5, 5.41) is 1.92. The highest BCUT2D eigenvalue weighted by Gasteiger charge is 2.35. The molecule has 27 heavy (non-hydrogen) atoms. The molecular weight excluding hydrogens is 346 g/mol. The van der Waals surface area contributed by atoms with Crippen LogP contribution in [0.25, 0.3) is 10.8 Å². The van der Waals surface area contributed by atoms with E-state index in [-0.39, 0.29) is 12.5 Å². The Hall–Kier alpha value is -2.89. The number of ether oxygens (including phenoxy) is 2. The van der Waals surface area contributed by atoms with E-state index in [0.29, 0.717) is 31.5 Å². The highest BCUT2D eigenvalue weighted by molar-refractivity contribution is 6.07. The van der Waals surface area contributed by atoms with Crippen molar-refractivity contribution in [3.63, 3.8) is 0 Å². The van der Waals surface area contributed by atoms with Crippen LogP contribution in [0.2, 0.25) is 0 Å². The first-order valence-corrected chi connectivity index (χ1v) is 9.27. The summed E-state index contributed by atoms with van der Waals surface area (Å²) in [5.74, 6) is -1.40. The van der Waals surface area contributed by atoms with Crippen molar-refractivity contribution < 1.29 is 23.9 Å². The SMILES string of the molecule is O=C(OC1CCOC1=O)C1CCCN(C(=O)c2cccc3ccccc23)C1. The van der Waals surface area contributed by atoms with Crippen molar-refractivity contribution in [3.05, 3.63) is 48.0 Å². The standard InChI is InChI=1S/C21H21NO5/c23-19(17-9-3-6-14-5-1-2-8-16(14)17)22-11-4-7-15(13-22)20(24)27-18-10-12-26-21(18)25/h1-3,5-6,8-9,15,18H,4,7,10-13H2. The number of amides is 1. The summed E-state index contributed by atoms with van der Waals surface area (Å²) in [7, 11) is 0. The number of carbonyl (C=O) groups is 3. The number of hydrogen-bond acceptors (Lipinski definition) is 5. The number of benzene rings is 2. The molecule has 2 aromatic carbocycles. The maximum absolute atomic E-state index is 13.1. The van der Waals surface area contributed by atoms with Crippen molar-refractivity contribution in [3.8, 4) is 0 Å². The summed E-state index contributed by atoms with van der Waals surface area (Å²) in [6.07, 6.45) is 0.975. The average Bonchev–Trinajstić information content (AvgIpc) is 3.11. The molecule has 0 aliphatic carbocycles. The molecule has 6 heteroatoms. The van der Waals surface area contributed by atoms with Crippen molar-refractivity contribution >= 4 is 28.6 Å². The third-order valence-corrected chi connectivity index (χ3v) is 5.21. The van der Waals surface area contributed by atoms with E-state index in [1.807, 2.05) is 42.5 Å². The van der Waals surface area contributed by atoms with E-state index in [9.17, 15) is 14.4 Å². The molecule has 2 saturated heterocycles. The highest BCUT2D eigenvalue weighted by atomic mass is 16.6. The molecule has 2 aliphatic rings. The van der Waals surface area contributed by atoms with Gasteiger partial charge in [0.2, 0.25) is 6.10 Å². The van der Waals surface area contributed by atoms with Gasteiger partial charge in [0.25, 0.3) is 5.91 Å². The second-order valence-corrected chi connectivity index (χ2v) is 7.00. The number of fused-ring (bicyclic) bond motifs is 1. The van der Waals surface area contributed by atoms with Gasteiger partial charge in [0.15, 0.2) is 0 Å². The fourth-order valence-electron chi connectivity index (χ4n) is 3.76. The number of esters is 2. The molecule has 4 rings (SSSR count). The van der Waals surface area contributed by atoms with Gasteiger partial charge in [0.05, 0.1) is 12.5 Å². The Bertz CT molecular complexity index is 888. The molecule has 1 amide bonds. The van der Waals surface area contributed by atoms with Gasteiger partial charge in [0, 0.05) is 25.1 Å². The Kier molecular flexibility index (Phi) is 4.79. The molecule has 0 spiro atoms. The molecule has 0 radical (unpaired) electrons. The quantitative estimate of drug-likeness (QED) is 0.780. The van der Waals surface area contributed by atoms with Crippen LogP contribution in [0, 0.1) is 5.92 Å². The highest BCUT2D eigenvalue weighted by Crippen LogP contribution is 2.25. The maximum atomic E-state index is 13.1. The van der Waals surface area contributed by atoms with Crippen LogP contribution in [-0.2, 0) is 19.1 Å². The molecule has 6 nitrogen and oxygen atoms in total. The van der Waals surface area contributed by atoms with Gasteiger partial charge < -0.3 is 14.4 Å². The number of piperidine rings is 1. The first-order chi connectivity index (χ1) is 13.1. The molecule has 2 aliphatic heterocycles. The zero-order valence-corrected chi connectivity index (χ0v) is 14.9. The zero-order chi connectivity index (χ0) is 18.8. The molecule has 2 unspecified atom stereocenters. The summed E-state index contributed by atoms with van der Waals surface area (Å²) in [5.41, 5.74) is 0.640. The number of nitrogens with zero attached hydrogens (tertiary/aromatic N) is 1. The zero-order valence-electron chi connectivity index (χ0n) is 14.9. The lowest BCUT2D eigenvalue weighted by atomic mass is 9.96. The monoisotopic (exact) mass is 367 g/mol. The third kappa shape index (κ3) is 3.52. The van der Waals surface area contributed by atoms with Gasteiger partial charge >= 0.3 is 11.9 Å². The summed E-state index contributed by atoms with van der Waals surface area (Å²) in [4.78, 5) is 38.7. The van der Waals surface area contributed by atoms with Crippen LogP contribution in [0.1, 0.15) is 29.6 Å². The number of rotatable bonds is 3. The fraction of sp³-hybridized carbons (Fsp3) is 0.381. The first kappa shape index (κ1) is 17.5. The van der Waals surface area contributed by atoms with Crippen molar-refractivity contribution in [2.24, 2.45) is 5.92 Å². The van der Waals surface area contributed by atoms with E-state index >= 15 is 0 Å². The van der Waals surface area contributed by atoms with Gasteiger partial charge in [-0.3, -0.25) is 9.59 Å². The molecule has 2 fully saturated rings. The molecule has 0 bridgehead atoms.